The van der Waals surface area contributed by atoms with Gasteiger partial charge in [0.25, 0.3) is 5.91 Å². The van der Waals surface area contributed by atoms with E-state index in [4.69, 9.17) is 14.5 Å². The fraction of sp³-hybridized carbons (Fsp3) is 0.310. The van der Waals surface area contributed by atoms with Crippen molar-refractivity contribution in [3.05, 3.63) is 88.5 Å². The Morgan fingerprint density at radius 2 is 1.76 bits per heavy atom. The number of carbonyl (C=O) groups is 1. The summed E-state index contributed by atoms with van der Waals surface area (Å²) < 4.78 is 12.0. The lowest BCUT2D eigenvalue weighted by Crippen LogP contribution is -2.30. The highest BCUT2D eigenvalue weighted by Gasteiger charge is 2.39. The summed E-state index contributed by atoms with van der Waals surface area (Å²) in [6.45, 7) is 8.50. The Hall–Kier alpha value is -3.60. The predicted octanol–water partition coefficient (Wildman–Crippen LogP) is 5.83. The summed E-state index contributed by atoms with van der Waals surface area (Å²) >= 11 is 0. The lowest BCUT2D eigenvalue weighted by Gasteiger charge is -2.31. The van der Waals surface area contributed by atoms with Crippen LogP contribution in [0.3, 0.4) is 0 Å². The number of hydrogen-bond acceptors (Lipinski definition) is 4. The molecule has 2 heterocycles. The van der Waals surface area contributed by atoms with E-state index in [0.29, 0.717) is 5.56 Å². The number of nitrogens with zero attached hydrogens (tertiary/aromatic N) is 1. The van der Waals surface area contributed by atoms with Crippen LogP contribution in [0.25, 0.3) is 0 Å². The van der Waals surface area contributed by atoms with E-state index in [9.17, 15) is 4.79 Å². The third-order valence-corrected chi connectivity index (χ3v) is 6.33. The topological polar surface area (TPSA) is 59.9 Å². The van der Waals surface area contributed by atoms with Crippen LogP contribution in [0, 0.1) is 0 Å². The van der Waals surface area contributed by atoms with Gasteiger partial charge in [0.15, 0.2) is 11.5 Å². The zero-order chi connectivity index (χ0) is 24.1. The van der Waals surface area contributed by atoms with E-state index >= 15 is 0 Å². The highest BCUT2D eigenvalue weighted by Crippen LogP contribution is 2.47. The molecule has 2 aliphatic heterocycles. The summed E-state index contributed by atoms with van der Waals surface area (Å²) in [5.41, 5.74) is 6.18. The number of carbonyl (C=O) groups excluding carboxylic acids is 1. The number of methoxy groups -OCH3 is 1. The van der Waals surface area contributed by atoms with Crippen LogP contribution in [-0.2, 0) is 12.8 Å². The molecule has 3 aromatic rings. The van der Waals surface area contributed by atoms with Gasteiger partial charge in [-0.05, 0) is 70.0 Å². The molecule has 174 valence electrons. The Morgan fingerprint density at radius 3 is 2.50 bits per heavy atom. The fourth-order valence-electron chi connectivity index (χ4n) is 4.97. The van der Waals surface area contributed by atoms with Gasteiger partial charge in [-0.3, -0.25) is 9.79 Å². The molecule has 0 saturated heterocycles. The molecule has 2 aliphatic rings. The van der Waals surface area contributed by atoms with Crippen molar-refractivity contribution in [2.45, 2.75) is 51.7 Å². The van der Waals surface area contributed by atoms with Crippen molar-refractivity contribution in [3.63, 3.8) is 0 Å². The molecule has 5 heteroatoms. The molecule has 34 heavy (non-hydrogen) atoms. The first-order valence-corrected chi connectivity index (χ1v) is 11.6. The number of amides is 1. The molecule has 3 aromatic carbocycles. The van der Waals surface area contributed by atoms with Crippen LogP contribution in [0.4, 0.5) is 5.69 Å². The van der Waals surface area contributed by atoms with Crippen LogP contribution in [0.2, 0.25) is 0 Å². The minimum Gasteiger partial charge on any atom is -0.493 e. The SMILES string of the molecule is COc1cc2c(c3c1OC(C)(C)C3)C(c1cccc(NC(=O)c3ccccc3)c1)=NC(C)(C)C2. The fourth-order valence-corrected chi connectivity index (χ4v) is 4.97. The first kappa shape index (κ1) is 22.2. The molecule has 1 N–H and O–H groups in total. The third-order valence-electron chi connectivity index (χ3n) is 6.33. The monoisotopic (exact) mass is 454 g/mol. The van der Waals surface area contributed by atoms with Crippen LogP contribution in [0.5, 0.6) is 11.5 Å². The van der Waals surface area contributed by atoms with Crippen LogP contribution < -0.4 is 14.8 Å². The summed E-state index contributed by atoms with van der Waals surface area (Å²) in [7, 11) is 1.69. The quantitative estimate of drug-likeness (QED) is 0.539. The van der Waals surface area contributed by atoms with Crippen LogP contribution in [0.1, 0.15) is 60.3 Å². The average Bonchev–Trinajstić information content (AvgIpc) is 3.12. The molecular weight excluding hydrogens is 424 g/mol. The molecule has 0 bridgehead atoms. The average molecular weight is 455 g/mol. The molecule has 0 aromatic heterocycles. The zero-order valence-electron chi connectivity index (χ0n) is 20.4. The highest BCUT2D eigenvalue weighted by molar-refractivity contribution is 6.17. The number of hydrogen-bond donors (Lipinski definition) is 1. The van der Waals surface area contributed by atoms with E-state index in [1.54, 1.807) is 7.11 Å². The molecule has 0 radical (unpaired) electrons. The van der Waals surface area contributed by atoms with E-state index < -0.39 is 0 Å². The number of rotatable bonds is 4. The van der Waals surface area contributed by atoms with Crippen molar-refractivity contribution in [1.29, 1.82) is 0 Å². The van der Waals surface area contributed by atoms with E-state index in [1.165, 1.54) is 5.56 Å². The number of anilines is 1. The van der Waals surface area contributed by atoms with Gasteiger partial charge in [-0.1, -0.05) is 30.3 Å². The van der Waals surface area contributed by atoms with Gasteiger partial charge in [0.05, 0.1) is 18.4 Å². The number of fused-ring (bicyclic) bond motifs is 3. The Kier molecular flexibility index (Phi) is 5.23. The number of ether oxygens (including phenoxy) is 2. The van der Waals surface area contributed by atoms with Gasteiger partial charge < -0.3 is 14.8 Å². The minimum atomic E-state index is -0.311. The predicted molar refractivity (Wildman–Crippen MR) is 136 cm³/mol. The molecule has 0 spiro atoms. The summed E-state index contributed by atoms with van der Waals surface area (Å²) in [4.78, 5) is 17.9. The highest BCUT2D eigenvalue weighted by atomic mass is 16.5. The first-order chi connectivity index (χ1) is 16.2. The zero-order valence-corrected chi connectivity index (χ0v) is 20.4. The van der Waals surface area contributed by atoms with E-state index in [1.807, 2.05) is 48.5 Å². The Morgan fingerprint density at radius 1 is 1.00 bits per heavy atom. The maximum Gasteiger partial charge on any atom is 0.255 e. The molecule has 0 fully saturated rings. The van der Waals surface area contributed by atoms with Gasteiger partial charge in [0.1, 0.15) is 5.60 Å². The van der Waals surface area contributed by atoms with Crippen LogP contribution in [0.15, 0.2) is 65.7 Å². The molecule has 0 aliphatic carbocycles. The summed E-state index contributed by atoms with van der Waals surface area (Å²) in [5, 5.41) is 3.03. The second kappa shape index (κ2) is 8.01. The standard InChI is InChI=1S/C29H30N2O3/c1-28(2)16-20-15-23(33-5)26-22(17-29(3,4)34-26)24(20)25(31-28)19-12-9-13-21(14-19)30-27(32)18-10-7-6-8-11-18/h6-15H,16-17H2,1-5H3,(H,30,32). The van der Waals surface area contributed by atoms with Crippen molar-refractivity contribution < 1.29 is 14.3 Å². The van der Waals surface area contributed by atoms with E-state index in [-0.39, 0.29) is 17.0 Å². The van der Waals surface area contributed by atoms with E-state index in [2.05, 4.69) is 45.1 Å². The molecule has 5 nitrogen and oxygen atoms in total. The minimum absolute atomic E-state index is 0.134. The van der Waals surface area contributed by atoms with Gasteiger partial charge >= 0.3 is 0 Å². The lowest BCUT2D eigenvalue weighted by atomic mass is 9.81. The van der Waals surface area contributed by atoms with Gasteiger partial charge in [-0.15, -0.1) is 0 Å². The second-order valence-electron chi connectivity index (χ2n) is 10.3. The van der Waals surface area contributed by atoms with Gasteiger partial charge in [-0.25, -0.2) is 0 Å². The number of benzene rings is 3. The van der Waals surface area contributed by atoms with Crippen LogP contribution in [-0.4, -0.2) is 29.9 Å². The van der Waals surface area contributed by atoms with E-state index in [0.717, 1.165) is 52.4 Å². The third kappa shape index (κ3) is 4.07. The van der Waals surface area contributed by atoms with Gasteiger partial charge in [0, 0.05) is 34.4 Å². The first-order valence-electron chi connectivity index (χ1n) is 11.6. The Bertz CT molecular complexity index is 1310. The normalized spacial score (nSPS) is 17.1. The maximum atomic E-state index is 12.7. The summed E-state index contributed by atoms with van der Waals surface area (Å²) in [6, 6.07) is 19.3. The number of nitrogens with one attached hydrogen (secondary N) is 1. The number of aliphatic imine (C=N–C) groups is 1. The summed E-state index contributed by atoms with van der Waals surface area (Å²) in [6.07, 6.45) is 1.60. The largest absolute Gasteiger partial charge is 0.493 e. The van der Waals surface area contributed by atoms with Gasteiger partial charge in [-0.2, -0.15) is 0 Å². The van der Waals surface area contributed by atoms with Crippen molar-refractivity contribution in [2.75, 3.05) is 12.4 Å². The second-order valence-corrected chi connectivity index (χ2v) is 10.3. The molecule has 1 amide bonds. The molecule has 0 unspecified atom stereocenters. The van der Waals surface area contributed by atoms with Crippen molar-refractivity contribution in [2.24, 2.45) is 4.99 Å². The Labute approximate surface area is 200 Å². The molecule has 0 saturated carbocycles. The molecule has 5 rings (SSSR count). The smallest absolute Gasteiger partial charge is 0.255 e. The summed E-state index contributed by atoms with van der Waals surface area (Å²) in [5.74, 6) is 1.46. The van der Waals surface area contributed by atoms with Crippen molar-refractivity contribution in [3.8, 4) is 11.5 Å². The van der Waals surface area contributed by atoms with Crippen molar-refractivity contribution >= 4 is 17.3 Å². The van der Waals surface area contributed by atoms with Gasteiger partial charge in [0.2, 0.25) is 0 Å². The lowest BCUT2D eigenvalue weighted by molar-refractivity contribution is 0.102. The maximum absolute atomic E-state index is 12.7. The van der Waals surface area contributed by atoms with Crippen LogP contribution >= 0.6 is 0 Å². The Balaban J connectivity index is 1.59. The molecular formula is C29H30N2O3. The van der Waals surface area contributed by atoms with Crippen molar-refractivity contribution in [1.82, 2.24) is 0 Å². The molecule has 0 atom stereocenters.